The first-order valence-electron chi connectivity index (χ1n) is 6.56. The van der Waals surface area contributed by atoms with Crippen molar-refractivity contribution in [1.82, 2.24) is 0 Å². The molecule has 0 heterocycles. The molecule has 0 saturated heterocycles. The van der Waals surface area contributed by atoms with Crippen LogP contribution in [-0.4, -0.2) is 19.5 Å². The predicted molar refractivity (Wildman–Crippen MR) is 81.8 cm³/mol. The Morgan fingerprint density at radius 3 is 2.19 bits per heavy atom. The van der Waals surface area contributed by atoms with E-state index in [2.05, 4.69) is 11.8 Å². The van der Waals surface area contributed by atoms with Gasteiger partial charge in [0.15, 0.2) is 5.78 Å². The highest BCUT2D eigenvalue weighted by Crippen LogP contribution is 2.16. The molecule has 0 aliphatic carbocycles. The van der Waals surface area contributed by atoms with Crippen LogP contribution in [0.4, 0.5) is 0 Å². The molecule has 2 aromatic carbocycles. The minimum atomic E-state index is 0.0531. The van der Waals surface area contributed by atoms with Gasteiger partial charge >= 0.3 is 0 Å². The molecule has 0 aliphatic rings. The van der Waals surface area contributed by atoms with Crippen molar-refractivity contribution in [3.05, 3.63) is 59.7 Å². The molecule has 0 saturated carbocycles. The molecule has 21 heavy (non-hydrogen) atoms. The molecule has 0 aliphatic heterocycles. The number of hydrogen-bond acceptors (Lipinski definition) is 3. The number of hydrogen-bond donors (Lipinski definition) is 0. The molecule has 0 radical (unpaired) electrons. The molecule has 3 heteroatoms. The zero-order valence-electron chi connectivity index (χ0n) is 12.1. The van der Waals surface area contributed by atoms with Crippen LogP contribution >= 0.6 is 0 Å². The monoisotopic (exact) mass is 280 g/mol. The standard InChI is InChI=1S/C18H16O3/c1-14(19)16-7-5-15(6-8-16)4-3-13-21-18-11-9-17(20-2)10-12-18/h5-12H,13H2,1-2H3. The van der Waals surface area contributed by atoms with Gasteiger partial charge in [0.1, 0.15) is 18.1 Å². The maximum atomic E-state index is 11.2. The van der Waals surface area contributed by atoms with Crippen molar-refractivity contribution in [2.45, 2.75) is 6.92 Å². The van der Waals surface area contributed by atoms with E-state index < -0.39 is 0 Å². The molecule has 0 bridgehead atoms. The fourth-order valence-corrected chi connectivity index (χ4v) is 1.72. The minimum Gasteiger partial charge on any atom is -0.497 e. The van der Waals surface area contributed by atoms with Gasteiger partial charge in [-0.15, -0.1) is 0 Å². The lowest BCUT2D eigenvalue weighted by molar-refractivity contribution is 0.101. The third-order valence-corrected chi connectivity index (χ3v) is 2.89. The second-order valence-electron chi connectivity index (χ2n) is 4.40. The zero-order valence-corrected chi connectivity index (χ0v) is 12.1. The summed E-state index contributed by atoms with van der Waals surface area (Å²) in [6, 6.07) is 14.6. The first kappa shape index (κ1) is 14.7. The average Bonchev–Trinajstić information content (AvgIpc) is 2.52. The van der Waals surface area contributed by atoms with Gasteiger partial charge in [-0.25, -0.2) is 0 Å². The fraction of sp³-hybridized carbons (Fsp3) is 0.167. The molecule has 0 spiro atoms. The van der Waals surface area contributed by atoms with Crippen LogP contribution in [0.25, 0.3) is 0 Å². The van der Waals surface area contributed by atoms with Gasteiger partial charge in [0.2, 0.25) is 0 Å². The summed E-state index contributed by atoms with van der Waals surface area (Å²) < 4.78 is 10.6. The number of carbonyl (C=O) groups excluding carboxylic acids is 1. The van der Waals surface area contributed by atoms with E-state index in [-0.39, 0.29) is 5.78 Å². The van der Waals surface area contributed by atoms with Gasteiger partial charge in [-0.2, -0.15) is 0 Å². The lowest BCUT2D eigenvalue weighted by Crippen LogP contribution is -1.94. The maximum Gasteiger partial charge on any atom is 0.159 e. The van der Waals surface area contributed by atoms with Crippen LogP contribution in [0.1, 0.15) is 22.8 Å². The molecule has 2 aromatic rings. The Bertz CT molecular complexity index is 658. The summed E-state index contributed by atoms with van der Waals surface area (Å²) in [6.07, 6.45) is 0. The summed E-state index contributed by atoms with van der Waals surface area (Å²) in [5.74, 6) is 7.52. The van der Waals surface area contributed by atoms with Crippen molar-refractivity contribution in [2.75, 3.05) is 13.7 Å². The van der Waals surface area contributed by atoms with E-state index in [9.17, 15) is 4.79 Å². The van der Waals surface area contributed by atoms with Crippen molar-refractivity contribution < 1.29 is 14.3 Å². The van der Waals surface area contributed by atoms with E-state index in [1.54, 1.807) is 26.2 Å². The summed E-state index contributed by atoms with van der Waals surface area (Å²) in [4.78, 5) is 11.2. The normalized spacial score (nSPS) is 9.43. The quantitative estimate of drug-likeness (QED) is 0.636. The molecular weight excluding hydrogens is 264 g/mol. The van der Waals surface area contributed by atoms with Gasteiger partial charge in [-0.05, 0) is 43.3 Å². The van der Waals surface area contributed by atoms with Gasteiger partial charge < -0.3 is 9.47 Å². The third kappa shape index (κ3) is 4.39. The first-order chi connectivity index (χ1) is 10.2. The van der Waals surface area contributed by atoms with Crippen molar-refractivity contribution in [3.63, 3.8) is 0 Å². The second kappa shape index (κ2) is 7.16. The SMILES string of the molecule is COc1ccc(OCC#Cc2ccc(C(C)=O)cc2)cc1. The topological polar surface area (TPSA) is 35.5 Å². The molecule has 0 aromatic heterocycles. The van der Waals surface area contributed by atoms with Crippen LogP contribution in [0.3, 0.4) is 0 Å². The molecule has 0 atom stereocenters. The predicted octanol–water partition coefficient (Wildman–Crippen LogP) is 3.33. The summed E-state index contributed by atoms with van der Waals surface area (Å²) in [5, 5.41) is 0. The average molecular weight is 280 g/mol. The van der Waals surface area contributed by atoms with Crippen LogP contribution in [0, 0.1) is 11.8 Å². The van der Waals surface area contributed by atoms with Crippen LogP contribution in [0.15, 0.2) is 48.5 Å². The van der Waals surface area contributed by atoms with Crippen molar-refractivity contribution in [1.29, 1.82) is 0 Å². The highest BCUT2D eigenvalue weighted by molar-refractivity contribution is 5.94. The van der Waals surface area contributed by atoms with Crippen LogP contribution < -0.4 is 9.47 Å². The zero-order chi connectivity index (χ0) is 15.1. The smallest absolute Gasteiger partial charge is 0.159 e. The number of Topliss-reactive ketones (excluding diaryl/α,β-unsaturated/α-hetero) is 1. The van der Waals surface area contributed by atoms with Crippen molar-refractivity contribution in [2.24, 2.45) is 0 Å². The number of carbonyl (C=O) groups is 1. The summed E-state index contributed by atoms with van der Waals surface area (Å²) in [7, 11) is 1.62. The Balaban J connectivity index is 1.89. The molecule has 106 valence electrons. The van der Waals surface area contributed by atoms with E-state index >= 15 is 0 Å². The third-order valence-electron chi connectivity index (χ3n) is 2.89. The van der Waals surface area contributed by atoms with E-state index in [4.69, 9.17) is 9.47 Å². The Labute approximate surface area is 124 Å². The van der Waals surface area contributed by atoms with Gasteiger partial charge in [0.25, 0.3) is 0 Å². The molecule has 0 N–H and O–H groups in total. The van der Waals surface area contributed by atoms with E-state index in [0.29, 0.717) is 12.2 Å². The lowest BCUT2D eigenvalue weighted by Gasteiger charge is -2.03. The Hall–Kier alpha value is -2.73. The Kier molecular flexibility index (Phi) is 5.00. The second-order valence-corrected chi connectivity index (χ2v) is 4.40. The van der Waals surface area contributed by atoms with Crippen LogP contribution in [-0.2, 0) is 0 Å². The summed E-state index contributed by atoms with van der Waals surface area (Å²) in [6.45, 7) is 1.85. The Morgan fingerprint density at radius 1 is 1.00 bits per heavy atom. The summed E-state index contributed by atoms with van der Waals surface area (Å²) in [5.41, 5.74) is 1.55. The molecule has 0 fully saturated rings. The van der Waals surface area contributed by atoms with Crippen LogP contribution in [0.5, 0.6) is 11.5 Å². The minimum absolute atomic E-state index is 0.0531. The summed E-state index contributed by atoms with van der Waals surface area (Å²) >= 11 is 0. The van der Waals surface area contributed by atoms with E-state index in [0.717, 1.165) is 17.1 Å². The molecule has 3 nitrogen and oxygen atoms in total. The van der Waals surface area contributed by atoms with Gasteiger partial charge in [0.05, 0.1) is 7.11 Å². The molecule has 0 unspecified atom stereocenters. The molecular formula is C18H16O3. The largest absolute Gasteiger partial charge is 0.497 e. The number of ketones is 1. The Morgan fingerprint density at radius 2 is 1.62 bits per heavy atom. The highest BCUT2D eigenvalue weighted by atomic mass is 16.5. The van der Waals surface area contributed by atoms with Crippen LogP contribution in [0.2, 0.25) is 0 Å². The van der Waals surface area contributed by atoms with Crippen molar-refractivity contribution in [3.8, 4) is 23.3 Å². The fourth-order valence-electron chi connectivity index (χ4n) is 1.72. The number of rotatable bonds is 4. The van der Waals surface area contributed by atoms with Gasteiger partial charge in [-0.3, -0.25) is 4.79 Å². The van der Waals surface area contributed by atoms with Gasteiger partial charge in [-0.1, -0.05) is 24.0 Å². The number of benzene rings is 2. The maximum absolute atomic E-state index is 11.2. The molecule has 0 amide bonds. The van der Waals surface area contributed by atoms with Gasteiger partial charge in [0, 0.05) is 11.1 Å². The molecule has 2 rings (SSSR count). The highest BCUT2D eigenvalue weighted by Gasteiger charge is 1.97. The van der Waals surface area contributed by atoms with Crippen molar-refractivity contribution >= 4 is 5.78 Å². The van der Waals surface area contributed by atoms with E-state index in [1.807, 2.05) is 36.4 Å². The number of ether oxygens (including phenoxy) is 2. The first-order valence-corrected chi connectivity index (χ1v) is 6.56. The number of methoxy groups -OCH3 is 1. The lowest BCUT2D eigenvalue weighted by atomic mass is 10.1. The van der Waals surface area contributed by atoms with E-state index in [1.165, 1.54) is 0 Å².